The molecule has 0 aromatic heterocycles. The van der Waals surface area contributed by atoms with E-state index in [1.165, 1.54) is 6.92 Å². The van der Waals surface area contributed by atoms with Crippen molar-refractivity contribution in [1.82, 2.24) is 0 Å². The van der Waals surface area contributed by atoms with Crippen LogP contribution in [0.4, 0.5) is 0 Å². The van der Waals surface area contributed by atoms with Crippen molar-refractivity contribution < 1.29 is 23.5 Å². The van der Waals surface area contributed by atoms with E-state index in [4.69, 9.17) is 14.2 Å². The minimum atomic E-state index is -3.71. The van der Waals surface area contributed by atoms with Gasteiger partial charge in [-0.3, -0.25) is 9.36 Å². The summed E-state index contributed by atoms with van der Waals surface area (Å²) in [5.41, 5.74) is -1.41. The molecule has 1 unspecified atom stereocenters. The number of hydrogen-bond donors (Lipinski definition) is 1. The summed E-state index contributed by atoms with van der Waals surface area (Å²) in [5.74, 6) is 3.54. The molecule has 0 aliphatic carbocycles. The summed E-state index contributed by atoms with van der Waals surface area (Å²) < 4.78 is 22.5. The zero-order chi connectivity index (χ0) is 13.3. The second-order valence-electron chi connectivity index (χ2n) is 3.34. The van der Waals surface area contributed by atoms with Gasteiger partial charge in [-0.05, 0) is 19.8 Å². The fourth-order valence-corrected chi connectivity index (χ4v) is 2.84. The molecule has 0 radical (unpaired) electrons. The van der Waals surface area contributed by atoms with E-state index in [0.29, 0.717) is 12.8 Å². The van der Waals surface area contributed by atoms with Gasteiger partial charge in [0.15, 0.2) is 0 Å². The van der Waals surface area contributed by atoms with Gasteiger partial charge in [-0.1, -0.05) is 19.8 Å². The Kier molecular flexibility index (Phi) is 7.90. The third-order valence-electron chi connectivity index (χ3n) is 1.78. The highest BCUT2D eigenvalue weighted by Crippen LogP contribution is 2.53. The van der Waals surface area contributed by atoms with Gasteiger partial charge >= 0.3 is 13.6 Å². The van der Waals surface area contributed by atoms with Crippen LogP contribution in [0.5, 0.6) is 0 Å². The van der Waals surface area contributed by atoms with Crippen molar-refractivity contribution in [2.45, 2.75) is 39.3 Å². The van der Waals surface area contributed by atoms with E-state index >= 15 is 0 Å². The van der Waals surface area contributed by atoms with Crippen LogP contribution in [0.3, 0.4) is 0 Å². The first-order valence-corrected chi connectivity index (χ1v) is 7.16. The molecule has 0 amide bonds. The standard InChI is InChI=1S/C11H19O5P/c1-4-7-10(11(12)13)17(14,15-8-5-2)16-9-6-3/h10H,5-6,8-9H2,1-3H3,(H,12,13). The van der Waals surface area contributed by atoms with Crippen LogP contribution in [0.25, 0.3) is 0 Å². The summed E-state index contributed by atoms with van der Waals surface area (Å²) >= 11 is 0. The first kappa shape index (κ1) is 16.2. The van der Waals surface area contributed by atoms with Crippen molar-refractivity contribution in [3.8, 4) is 11.8 Å². The van der Waals surface area contributed by atoms with Crippen LogP contribution < -0.4 is 0 Å². The van der Waals surface area contributed by atoms with Gasteiger partial charge < -0.3 is 14.2 Å². The smallest absolute Gasteiger partial charge is 0.356 e. The molecule has 5 nitrogen and oxygen atoms in total. The molecule has 0 aliphatic rings. The molecule has 0 saturated carbocycles. The van der Waals surface area contributed by atoms with Crippen molar-refractivity contribution in [2.75, 3.05) is 13.2 Å². The topological polar surface area (TPSA) is 72.8 Å². The third kappa shape index (κ3) is 5.36. The van der Waals surface area contributed by atoms with Crippen LogP contribution in [0, 0.1) is 11.8 Å². The van der Waals surface area contributed by atoms with Gasteiger partial charge in [0.25, 0.3) is 0 Å². The Morgan fingerprint density at radius 2 is 1.76 bits per heavy atom. The van der Waals surface area contributed by atoms with Crippen molar-refractivity contribution in [1.29, 1.82) is 0 Å². The lowest BCUT2D eigenvalue weighted by Crippen LogP contribution is -2.22. The van der Waals surface area contributed by atoms with Gasteiger partial charge in [0.1, 0.15) is 0 Å². The molecule has 0 bridgehead atoms. The van der Waals surface area contributed by atoms with Crippen molar-refractivity contribution in [2.24, 2.45) is 0 Å². The van der Waals surface area contributed by atoms with Crippen LogP contribution in [0.2, 0.25) is 0 Å². The normalized spacial score (nSPS) is 12.6. The highest BCUT2D eigenvalue weighted by molar-refractivity contribution is 7.56. The van der Waals surface area contributed by atoms with E-state index in [2.05, 4.69) is 11.8 Å². The minimum Gasteiger partial charge on any atom is -0.480 e. The third-order valence-corrected chi connectivity index (χ3v) is 3.85. The Morgan fingerprint density at radius 1 is 1.29 bits per heavy atom. The predicted molar refractivity (Wildman–Crippen MR) is 65.0 cm³/mol. The van der Waals surface area contributed by atoms with Crippen LogP contribution in [0.15, 0.2) is 0 Å². The lowest BCUT2D eigenvalue weighted by Gasteiger charge is -2.20. The average Bonchev–Trinajstić information content (AvgIpc) is 2.30. The summed E-state index contributed by atoms with van der Waals surface area (Å²) in [6.07, 6.45) is 1.26. The van der Waals surface area contributed by atoms with E-state index in [1.807, 2.05) is 13.8 Å². The van der Waals surface area contributed by atoms with Crippen LogP contribution in [0.1, 0.15) is 33.6 Å². The molecule has 0 aromatic rings. The molecule has 98 valence electrons. The molecule has 0 spiro atoms. The molecule has 0 fully saturated rings. The van der Waals surface area contributed by atoms with E-state index in [9.17, 15) is 9.36 Å². The number of carbonyl (C=O) groups is 1. The molecule has 1 atom stereocenters. The van der Waals surface area contributed by atoms with Crippen LogP contribution in [-0.2, 0) is 18.4 Å². The monoisotopic (exact) mass is 262 g/mol. The first-order valence-electron chi connectivity index (χ1n) is 5.55. The fourth-order valence-electron chi connectivity index (χ4n) is 1.04. The lowest BCUT2D eigenvalue weighted by molar-refractivity contribution is -0.135. The molecule has 0 aliphatic heterocycles. The van der Waals surface area contributed by atoms with E-state index in [0.717, 1.165) is 0 Å². The summed E-state index contributed by atoms with van der Waals surface area (Å²) in [6, 6.07) is 0. The number of aliphatic carboxylic acids is 1. The molecule has 17 heavy (non-hydrogen) atoms. The molecule has 0 heterocycles. The maximum Gasteiger partial charge on any atom is 0.356 e. The number of hydrogen-bond acceptors (Lipinski definition) is 4. The second-order valence-corrected chi connectivity index (χ2v) is 5.45. The van der Waals surface area contributed by atoms with Crippen LogP contribution >= 0.6 is 7.60 Å². The van der Waals surface area contributed by atoms with Crippen molar-refractivity contribution in [3.63, 3.8) is 0 Å². The minimum absolute atomic E-state index is 0.191. The molecule has 6 heteroatoms. The van der Waals surface area contributed by atoms with Crippen molar-refractivity contribution >= 4 is 13.6 Å². The van der Waals surface area contributed by atoms with E-state index < -0.39 is 19.2 Å². The quantitative estimate of drug-likeness (QED) is 0.537. The Balaban J connectivity index is 5.00. The second kappa shape index (κ2) is 8.30. The molecular formula is C11H19O5P. The maximum absolute atomic E-state index is 12.3. The Bertz CT molecular complexity index is 330. The van der Waals surface area contributed by atoms with Gasteiger partial charge in [-0.2, -0.15) is 0 Å². The molecular weight excluding hydrogens is 243 g/mol. The predicted octanol–water partition coefficient (Wildman–Crippen LogP) is 2.51. The Hall–Kier alpha value is -0.820. The zero-order valence-electron chi connectivity index (χ0n) is 10.4. The zero-order valence-corrected chi connectivity index (χ0v) is 11.3. The highest BCUT2D eigenvalue weighted by Gasteiger charge is 2.40. The number of carboxylic acid groups (broad SMARTS) is 1. The van der Waals surface area contributed by atoms with Gasteiger partial charge in [-0.15, -0.1) is 5.92 Å². The van der Waals surface area contributed by atoms with Crippen LogP contribution in [-0.4, -0.2) is 29.9 Å². The van der Waals surface area contributed by atoms with Gasteiger partial charge in [0.05, 0.1) is 13.2 Å². The highest BCUT2D eigenvalue weighted by atomic mass is 31.2. The van der Waals surface area contributed by atoms with E-state index in [1.54, 1.807) is 0 Å². The van der Waals surface area contributed by atoms with Crippen molar-refractivity contribution in [3.05, 3.63) is 0 Å². The van der Waals surface area contributed by atoms with Gasteiger partial charge in [0.2, 0.25) is 5.66 Å². The molecule has 1 N–H and O–H groups in total. The first-order chi connectivity index (χ1) is 8.01. The van der Waals surface area contributed by atoms with E-state index in [-0.39, 0.29) is 13.2 Å². The fraction of sp³-hybridized carbons (Fsp3) is 0.727. The Labute approximate surface area is 102 Å². The average molecular weight is 262 g/mol. The number of carboxylic acids is 1. The largest absolute Gasteiger partial charge is 0.480 e. The van der Waals surface area contributed by atoms with Gasteiger partial charge in [0, 0.05) is 0 Å². The summed E-state index contributed by atoms with van der Waals surface area (Å²) in [6.45, 7) is 5.54. The summed E-state index contributed by atoms with van der Waals surface area (Å²) in [5, 5.41) is 9.00. The summed E-state index contributed by atoms with van der Waals surface area (Å²) in [7, 11) is -3.71. The van der Waals surface area contributed by atoms with Gasteiger partial charge in [-0.25, -0.2) is 0 Å². The number of rotatable bonds is 8. The molecule has 0 rings (SSSR count). The molecule has 0 saturated heterocycles. The Morgan fingerprint density at radius 3 is 2.06 bits per heavy atom. The molecule has 0 aromatic carbocycles. The lowest BCUT2D eigenvalue weighted by atomic mass is 10.4. The maximum atomic E-state index is 12.3. The SMILES string of the molecule is CC#CC(C(=O)O)P(=O)(OCCC)OCCC. The summed E-state index contributed by atoms with van der Waals surface area (Å²) in [4.78, 5) is 11.0.